The van der Waals surface area contributed by atoms with Crippen LogP contribution in [0.25, 0.3) is 32.2 Å². The maximum Gasteiger partial charge on any atom is 0.336 e. The average molecular weight is 351 g/mol. The highest BCUT2D eigenvalue weighted by molar-refractivity contribution is 7.17. The predicted octanol–water partition coefficient (Wildman–Crippen LogP) is 5.52. The Labute approximate surface area is 147 Å². The number of aryl methyl sites for hydroxylation is 1. The molecule has 0 unspecified atom stereocenters. The molecule has 2 aromatic heterocycles. The molecule has 0 atom stereocenters. The van der Waals surface area contributed by atoms with Crippen LogP contribution in [0.3, 0.4) is 0 Å². The third-order valence-corrected chi connectivity index (χ3v) is 5.33. The normalized spacial score (nSPS) is 11.3. The number of carboxylic acids is 1. The average Bonchev–Trinajstić information content (AvgIpc) is 3.05. The van der Waals surface area contributed by atoms with Crippen molar-refractivity contribution in [3.63, 3.8) is 0 Å². The zero-order valence-electron chi connectivity index (χ0n) is 13.4. The van der Waals surface area contributed by atoms with Crippen molar-refractivity contribution in [2.75, 3.05) is 0 Å². The second-order valence-corrected chi connectivity index (χ2v) is 6.70. The lowest BCUT2D eigenvalue weighted by atomic mass is 10.00. The molecule has 4 aromatic rings. The van der Waals surface area contributed by atoms with Crippen molar-refractivity contribution in [3.8, 4) is 11.3 Å². The van der Waals surface area contributed by atoms with Gasteiger partial charge in [-0.3, -0.25) is 0 Å². The van der Waals surface area contributed by atoms with Gasteiger partial charge in [0.1, 0.15) is 5.82 Å². The minimum Gasteiger partial charge on any atom is -0.478 e. The van der Waals surface area contributed by atoms with Gasteiger partial charge in [0.25, 0.3) is 0 Å². The van der Waals surface area contributed by atoms with Gasteiger partial charge in [0.15, 0.2) is 0 Å². The van der Waals surface area contributed by atoms with E-state index in [-0.39, 0.29) is 10.9 Å². The lowest BCUT2D eigenvalue weighted by Gasteiger charge is -2.10. The van der Waals surface area contributed by atoms with Crippen molar-refractivity contribution in [3.05, 3.63) is 64.8 Å². The van der Waals surface area contributed by atoms with E-state index in [0.717, 1.165) is 21.2 Å². The first kappa shape index (κ1) is 15.7. The Morgan fingerprint density at radius 3 is 2.80 bits per heavy atom. The SMILES string of the molecule is CCc1ccc(F)c2c(C(=O)O)cc(-c3csc4ccccc34)nc12. The summed E-state index contributed by atoms with van der Waals surface area (Å²) < 4.78 is 15.5. The number of benzene rings is 2. The number of rotatable bonds is 3. The monoisotopic (exact) mass is 351 g/mol. The van der Waals surface area contributed by atoms with Gasteiger partial charge < -0.3 is 5.11 Å². The van der Waals surface area contributed by atoms with Gasteiger partial charge in [0.05, 0.1) is 22.2 Å². The summed E-state index contributed by atoms with van der Waals surface area (Å²) >= 11 is 1.58. The van der Waals surface area contributed by atoms with Gasteiger partial charge in [-0.1, -0.05) is 31.2 Å². The fraction of sp³-hybridized carbons (Fsp3) is 0.100. The first-order valence-electron chi connectivity index (χ1n) is 7.92. The molecule has 0 aliphatic rings. The number of carbonyl (C=O) groups is 1. The molecule has 0 aliphatic heterocycles. The van der Waals surface area contributed by atoms with Crippen molar-refractivity contribution >= 4 is 38.3 Å². The third kappa shape index (κ3) is 2.48. The van der Waals surface area contributed by atoms with E-state index >= 15 is 0 Å². The molecule has 2 aromatic carbocycles. The largest absolute Gasteiger partial charge is 0.478 e. The fourth-order valence-corrected chi connectivity index (χ4v) is 4.08. The summed E-state index contributed by atoms with van der Waals surface area (Å²) in [4.78, 5) is 16.4. The number of fused-ring (bicyclic) bond motifs is 2. The standard InChI is InChI=1S/C20H14FNO2S/c1-2-11-7-8-15(21)18-13(20(23)24)9-16(22-19(11)18)14-10-25-17-6-4-3-5-12(14)17/h3-10H,2H2,1H3,(H,23,24). The lowest BCUT2D eigenvalue weighted by molar-refractivity contribution is 0.0698. The minimum absolute atomic E-state index is 0.0527. The second-order valence-electron chi connectivity index (χ2n) is 5.79. The van der Waals surface area contributed by atoms with Crippen molar-refractivity contribution in [2.24, 2.45) is 0 Å². The molecule has 0 spiro atoms. The van der Waals surface area contributed by atoms with Crippen LogP contribution >= 0.6 is 11.3 Å². The van der Waals surface area contributed by atoms with Gasteiger partial charge in [0.2, 0.25) is 0 Å². The molecule has 0 radical (unpaired) electrons. The lowest BCUT2D eigenvalue weighted by Crippen LogP contribution is -2.03. The Balaban J connectivity index is 2.11. The molecule has 25 heavy (non-hydrogen) atoms. The molecular weight excluding hydrogens is 337 g/mol. The zero-order chi connectivity index (χ0) is 17.6. The quantitative estimate of drug-likeness (QED) is 0.529. The van der Waals surface area contributed by atoms with Crippen molar-refractivity contribution in [1.29, 1.82) is 0 Å². The van der Waals surface area contributed by atoms with Gasteiger partial charge in [-0.05, 0) is 30.2 Å². The van der Waals surface area contributed by atoms with E-state index in [9.17, 15) is 14.3 Å². The summed E-state index contributed by atoms with van der Waals surface area (Å²) in [5, 5.41) is 12.7. The Bertz CT molecular complexity index is 1130. The number of halogens is 1. The number of thiophene rings is 1. The first-order chi connectivity index (χ1) is 12.1. The molecule has 0 saturated carbocycles. The second kappa shape index (κ2) is 5.93. The predicted molar refractivity (Wildman–Crippen MR) is 98.9 cm³/mol. The molecule has 124 valence electrons. The summed E-state index contributed by atoms with van der Waals surface area (Å²) in [6.07, 6.45) is 0.649. The molecule has 0 saturated heterocycles. The number of nitrogens with zero attached hydrogens (tertiary/aromatic N) is 1. The molecule has 0 bridgehead atoms. The van der Waals surface area contributed by atoms with Crippen LogP contribution in [0.15, 0.2) is 47.8 Å². The van der Waals surface area contributed by atoms with Gasteiger partial charge in [-0.2, -0.15) is 0 Å². The van der Waals surface area contributed by atoms with E-state index in [4.69, 9.17) is 0 Å². The fourth-order valence-electron chi connectivity index (χ4n) is 3.12. The van der Waals surface area contributed by atoms with Gasteiger partial charge >= 0.3 is 5.97 Å². The van der Waals surface area contributed by atoms with Gasteiger partial charge in [-0.15, -0.1) is 11.3 Å². The maximum absolute atomic E-state index is 14.3. The Kier molecular flexibility index (Phi) is 3.73. The van der Waals surface area contributed by atoms with E-state index in [1.807, 2.05) is 36.6 Å². The topological polar surface area (TPSA) is 50.2 Å². The smallest absolute Gasteiger partial charge is 0.336 e. The number of pyridine rings is 1. The summed E-state index contributed by atoms with van der Waals surface area (Å²) in [6, 6.07) is 12.4. The molecule has 0 amide bonds. The Hall–Kier alpha value is -2.79. The molecular formula is C20H14FNO2S. The highest BCUT2D eigenvalue weighted by Gasteiger charge is 2.19. The molecule has 3 nitrogen and oxygen atoms in total. The number of hydrogen-bond donors (Lipinski definition) is 1. The van der Waals surface area contributed by atoms with E-state index in [0.29, 0.717) is 17.6 Å². The molecule has 1 N–H and O–H groups in total. The molecule has 5 heteroatoms. The molecule has 2 heterocycles. The summed E-state index contributed by atoms with van der Waals surface area (Å²) in [5.74, 6) is -1.71. The van der Waals surface area contributed by atoms with Crippen LogP contribution in [0.5, 0.6) is 0 Å². The highest BCUT2D eigenvalue weighted by Crippen LogP contribution is 2.35. The van der Waals surface area contributed by atoms with Crippen molar-refractivity contribution < 1.29 is 14.3 Å². The Morgan fingerprint density at radius 1 is 1.24 bits per heavy atom. The molecule has 0 aliphatic carbocycles. The van der Waals surface area contributed by atoms with Crippen LogP contribution in [-0.2, 0) is 6.42 Å². The van der Waals surface area contributed by atoms with Crippen molar-refractivity contribution in [2.45, 2.75) is 13.3 Å². The summed E-state index contributed by atoms with van der Waals surface area (Å²) in [6.45, 7) is 1.95. The third-order valence-electron chi connectivity index (χ3n) is 4.36. The summed E-state index contributed by atoms with van der Waals surface area (Å²) in [5.41, 5.74) is 2.63. The van der Waals surface area contributed by atoms with Crippen LogP contribution in [0.4, 0.5) is 4.39 Å². The van der Waals surface area contributed by atoms with Crippen LogP contribution in [0.1, 0.15) is 22.8 Å². The molecule has 0 fully saturated rings. The number of hydrogen-bond acceptors (Lipinski definition) is 3. The van der Waals surface area contributed by atoms with Gasteiger partial charge in [-0.25, -0.2) is 14.2 Å². The number of carboxylic acid groups (broad SMARTS) is 1. The molecule has 4 rings (SSSR count). The van der Waals surface area contributed by atoms with Crippen molar-refractivity contribution in [1.82, 2.24) is 4.98 Å². The first-order valence-corrected chi connectivity index (χ1v) is 8.80. The zero-order valence-corrected chi connectivity index (χ0v) is 14.2. The van der Waals surface area contributed by atoms with E-state index in [2.05, 4.69) is 4.98 Å². The Morgan fingerprint density at radius 2 is 2.04 bits per heavy atom. The van der Waals surface area contributed by atoms with Crippen LogP contribution < -0.4 is 0 Å². The number of aromatic carboxylic acids is 1. The maximum atomic E-state index is 14.3. The summed E-state index contributed by atoms with van der Waals surface area (Å²) in [7, 11) is 0. The van der Waals surface area contributed by atoms with Crippen LogP contribution in [-0.4, -0.2) is 16.1 Å². The van der Waals surface area contributed by atoms with E-state index < -0.39 is 11.8 Å². The van der Waals surface area contributed by atoms with Crippen LogP contribution in [0.2, 0.25) is 0 Å². The highest BCUT2D eigenvalue weighted by atomic mass is 32.1. The van der Waals surface area contributed by atoms with E-state index in [1.54, 1.807) is 17.4 Å². The number of aromatic nitrogens is 1. The van der Waals surface area contributed by atoms with E-state index in [1.165, 1.54) is 12.1 Å². The van der Waals surface area contributed by atoms with Crippen LogP contribution in [0, 0.1) is 5.82 Å². The van der Waals surface area contributed by atoms with Gasteiger partial charge in [0, 0.05) is 21.0 Å². The minimum atomic E-state index is -1.15.